The quantitative estimate of drug-likeness (QED) is 0.526. The van der Waals surface area contributed by atoms with Crippen LogP contribution in [0, 0.1) is 6.92 Å². The fraction of sp³-hybridized carbons (Fsp3) is 0.176. The number of fused-ring (bicyclic) bond motifs is 1. The Morgan fingerprint density at radius 2 is 1.80 bits per heavy atom. The van der Waals surface area contributed by atoms with Crippen LogP contribution >= 0.6 is 0 Å². The predicted molar refractivity (Wildman–Crippen MR) is 100 cm³/mol. The van der Waals surface area contributed by atoms with E-state index in [4.69, 9.17) is 0 Å². The minimum absolute atomic E-state index is 0.0380. The van der Waals surface area contributed by atoms with Crippen LogP contribution in [0.3, 0.4) is 0 Å². The van der Waals surface area contributed by atoms with Crippen LogP contribution in [0.2, 0.25) is 0 Å². The summed E-state index contributed by atoms with van der Waals surface area (Å²) in [5.74, 6) is 0.0380. The molecule has 4 heterocycles. The van der Waals surface area contributed by atoms with Crippen LogP contribution in [-0.4, -0.2) is 37.9 Å². The molecule has 4 rings (SSSR count). The highest BCUT2D eigenvalue weighted by molar-refractivity contribution is 7.92. The maximum atomic E-state index is 12.8. The number of hydrogen-bond acceptors (Lipinski definition) is 6. The molecule has 0 aromatic carbocycles. The van der Waals surface area contributed by atoms with Gasteiger partial charge < -0.3 is 0 Å². The summed E-state index contributed by atoms with van der Waals surface area (Å²) < 4.78 is 68.8. The second-order valence-electron chi connectivity index (χ2n) is 6.42. The SMILES string of the molecule is Cc1ncc2cnn(C)c2c1NS(=O)(=O)c1ccc(-n2cc(C(F)(F)F)cn2)nc1. The molecule has 0 aliphatic carbocycles. The van der Waals surface area contributed by atoms with Crippen molar-refractivity contribution in [3.8, 4) is 5.82 Å². The third kappa shape index (κ3) is 3.47. The molecule has 4 aromatic heterocycles. The number of aryl methyl sites for hydroxylation is 2. The standard InChI is InChI=1S/C17H14F3N7O2S/c1-10-15(16-11(5-21-10)6-23-26(16)2)25-30(28,29)13-3-4-14(22-8-13)27-9-12(7-24-27)17(18,19)20/h3-9,25H,1-2H3. The fourth-order valence-electron chi connectivity index (χ4n) is 2.83. The summed E-state index contributed by atoms with van der Waals surface area (Å²) in [4.78, 5) is 7.93. The van der Waals surface area contributed by atoms with E-state index in [-0.39, 0.29) is 16.4 Å². The summed E-state index contributed by atoms with van der Waals surface area (Å²) in [5, 5.41) is 8.38. The van der Waals surface area contributed by atoms with Gasteiger partial charge in [-0.2, -0.15) is 23.4 Å². The molecule has 13 heteroatoms. The molecular weight excluding hydrogens is 423 g/mol. The van der Waals surface area contributed by atoms with E-state index in [2.05, 4.69) is 24.9 Å². The predicted octanol–water partition coefficient (Wildman–Crippen LogP) is 2.68. The van der Waals surface area contributed by atoms with Gasteiger partial charge in [0.25, 0.3) is 10.0 Å². The zero-order valence-electron chi connectivity index (χ0n) is 15.6. The van der Waals surface area contributed by atoms with Crippen LogP contribution in [0.1, 0.15) is 11.3 Å². The van der Waals surface area contributed by atoms with Gasteiger partial charge in [-0.3, -0.25) is 14.4 Å². The van der Waals surface area contributed by atoms with Crippen LogP contribution in [0.4, 0.5) is 18.9 Å². The normalized spacial score (nSPS) is 12.4. The molecule has 0 amide bonds. The van der Waals surface area contributed by atoms with E-state index in [0.717, 1.165) is 17.1 Å². The van der Waals surface area contributed by atoms with E-state index < -0.39 is 21.8 Å². The van der Waals surface area contributed by atoms with E-state index in [1.807, 2.05) is 0 Å². The summed E-state index contributed by atoms with van der Waals surface area (Å²) in [6.07, 6.45) is 1.09. The largest absolute Gasteiger partial charge is 0.419 e. The van der Waals surface area contributed by atoms with Gasteiger partial charge in [0.05, 0.1) is 34.9 Å². The van der Waals surface area contributed by atoms with Gasteiger partial charge >= 0.3 is 6.18 Å². The van der Waals surface area contributed by atoms with Crippen molar-refractivity contribution in [3.05, 3.63) is 54.4 Å². The van der Waals surface area contributed by atoms with Crippen molar-refractivity contribution < 1.29 is 21.6 Å². The lowest BCUT2D eigenvalue weighted by Gasteiger charge is -2.12. The second-order valence-corrected chi connectivity index (χ2v) is 8.10. The number of halogens is 3. The molecule has 0 radical (unpaired) electrons. The van der Waals surface area contributed by atoms with Crippen molar-refractivity contribution in [1.82, 2.24) is 29.5 Å². The van der Waals surface area contributed by atoms with Gasteiger partial charge in [-0.1, -0.05) is 0 Å². The number of rotatable bonds is 4. The molecule has 0 aliphatic rings. The number of pyridine rings is 2. The molecule has 0 atom stereocenters. The number of anilines is 1. The van der Waals surface area contributed by atoms with E-state index in [0.29, 0.717) is 22.8 Å². The van der Waals surface area contributed by atoms with Gasteiger partial charge in [-0.05, 0) is 19.1 Å². The molecule has 156 valence electrons. The molecule has 1 N–H and O–H groups in total. The van der Waals surface area contributed by atoms with E-state index >= 15 is 0 Å². The first-order valence-electron chi connectivity index (χ1n) is 8.45. The Morgan fingerprint density at radius 1 is 1.03 bits per heavy atom. The van der Waals surface area contributed by atoms with Gasteiger partial charge in [0.1, 0.15) is 4.90 Å². The lowest BCUT2D eigenvalue weighted by Crippen LogP contribution is -2.16. The Morgan fingerprint density at radius 3 is 2.43 bits per heavy atom. The number of aromatic nitrogens is 6. The molecule has 0 saturated heterocycles. The van der Waals surface area contributed by atoms with Crippen molar-refractivity contribution in [1.29, 1.82) is 0 Å². The van der Waals surface area contributed by atoms with Crippen LogP contribution in [0.5, 0.6) is 0 Å². The van der Waals surface area contributed by atoms with Crippen molar-refractivity contribution in [3.63, 3.8) is 0 Å². The maximum absolute atomic E-state index is 12.8. The molecule has 4 aromatic rings. The average Bonchev–Trinajstić information content (AvgIpc) is 3.32. The average molecular weight is 437 g/mol. The van der Waals surface area contributed by atoms with Gasteiger partial charge in [0.15, 0.2) is 5.82 Å². The van der Waals surface area contributed by atoms with E-state index in [9.17, 15) is 21.6 Å². The summed E-state index contributed by atoms with van der Waals surface area (Å²) in [6.45, 7) is 1.65. The third-order valence-corrected chi connectivity index (χ3v) is 5.71. The smallest absolute Gasteiger partial charge is 0.276 e. The Hall–Kier alpha value is -3.48. The number of nitrogens with zero attached hydrogens (tertiary/aromatic N) is 6. The highest BCUT2D eigenvalue weighted by Crippen LogP contribution is 2.29. The van der Waals surface area contributed by atoms with Crippen molar-refractivity contribution in [2.45, 2.75) is 18.0 Å². The third-order valence-electron chi connectivity index (χ3n) is 4.38. The summed E-state index contributed by atoms with van der Waals surface area (Å²) in [7, 11) is -2.37. The summed E-state index contributed by atoms with van der Waals surface area (Å²) in [5.41, 5.74) is 0.357. The summed E-state index contributed by atoms with van der Waals surface area (Å²) in [6, 6.07) is 2.49. The fourth-order valence-corrected chi connectivity index (χ4v) is 3.90. The first kappa shape index (κ1) is 19.8. The molecule has 0 spiro atoms. The Labute approximate surface area is 168 Å². The van der Waals surface area contributed by atoms with Crippen molar-refractivity contribution in [2.75, 3.05) is 4.72 Å². The van der Waals surface area contributed by atoms with Crippen LogP contribution in [-0.2, 0) is 23.2 Å². The summed E-state index contributed by atoms with van der Waals surface area (Å²) >= 11 is 0. The highest BCUT2D eigenvalue weighted by Gasteiger charge is 2.32. The number of sulfonamides is 1. The van der Waals surface area contributed by atoms with Crippen molar-refractivity contribution >= 4 is 26.6 Å². The minimum Gasteiger partial charge on any atom is -0.276 e. The molecule has 0 bridgehead atoms. The number of alkyl halides is 3. The van der Waals surface area contributed by atoms with Crippen molar-refractivity contribution in [2.24, 2.45) is 7.05 Å². The highest BCUT2D eigenvalue weighted by atomic mass is 32.2. The zero-order chi connectivity index (χ0) is 21.7. The maximum Gasteiger partial charge on any atom is 0.419 e. The first-order chi connectivity index (χ1) is 14.1. The van der Waals surface area contributed by atoms with Crippen LogP contribution in [0.25, 0.3) is 16.7 Å². The Bertz CT molecular complexity index is 1340. The Kier molecular flexibility index (Phi) is 4.49. The topological polar surface area (TPSA) is 108 Å². The first-order valence-corrected chi connectivity index (χ1v) is 9.93. The molecular formula is C17H14F3N7O2S. The minimum atomic E-state index is -4.54. The number of hydrogen-bond donors (Lipinski definition) is 1. The number of nitrogens with one attached hydrogen (secondary N) is 1. The molecule has 0 unspecified atom stereocenters. The molecule has 30 heavy (non-hydrogen) atoms. The Balaban J connectivity index is 1.65. The van der Waals surface area contributed by atoms with Gasteiger partial charge in [-0.15, -0.1) is 0 Å². The molecule has 9 nitrogen and oxygen atoms in total. The lowest BCUT2D eigenvalue weighted by atomic mass is 10.2. The monoisotopic (exact) mass is 437 g/mol. The van der Waals surface area contributed by atoms with Crippen LogP contribution in [0.15, 0.2) is 48.0 Å². The zero-order valence-corrected chi connectivity index (χ0v) is 16.4. The van der Waals surface area contributed by atoms with Gasteiger partial charge in [-0.25, -0.2) is 18.1 Å². The molecule has 0 saturated carbocycles. The molecule has 0 aliphatic heterocycles. The van der Waals surface area contributed by atoms with Crippen LogP contribution < -0.4 is 4.72 Å². The molecule has 0 fully saturated rings. The van der Waals surface area contributed by atoms with E-state index in [1.165, 1.54) is 16.8 Å². The van der Waals surface area contributed by atoms with E-state index in [1.54, 1.807) is 26.4 Å². The van der Waals surface area contributed by atoms with Gasteiger partial charge in [0, 0.05) is 31.0 Å². The van der Waals surface area contributed by atoms with Gasteiger partial charge in [0.2, 0.25) is 0 Å². The second kappa shape index (κ2) is 6.79. The lowest BCUT2D eigenvalue weighted by molar-refractivity contribution is -0.137.